The van der Waals surface area contributed by atoms with Crippen LogP contribution in [0.3, 0.4) is 0 Å². The Morgan fingerprint density at radius 1 is 1.12 bits per heavy atom. The number of carbonyl (C=O) groups excluding carboxylic acids is 3. The molecule has 132 valence electrons. The molecule has 0 saturated heterocycles. The Balaban J connectivity index is 2.65. The van der Waals surface area contributed by atoms with Crippen LogP contribution < -0.4 is 10.6 Å². The molecule has 0 aliphatic heterocycles. The third-order valence-electron chi connectivity index (χ3n) is 3.91. The first-order chi connectivity index (χ1) is 11.4. The third-order valence-corrected chi connectivity index (χ3v) is 3.91. The molecule has 1 aromatic carbocycles. The van der Waals surface area contributed by atoms with E-state index in [-0.39, 0.29) is 30.2 Å². The largest absolute Gasteiger partial charge is 0.359 e. The van der Waals surface area contributed by atoms with Gasteiger partial charge in [0, 0.05) is 44.2 Å². The van der Waals surface area contributed by atoms with Crippen LogP contribution in [-0.2, 0) is 9.59 Å². The Kier molecular flexibility index (Phi) is 7.95. The molecule has 1 aromatic rings. The molecule has 0 spiro atoms. The van der Waals surface area contributed by atoms with E-state index in [4.69, 9.17) is 0 Å². The molecule has 0 aromatic heterocycles. The zero-order valence-electron chi connectivity index (χ0n) is 14.9. The predicted octanol–water partition coefficient (Wildman–Crippen LogP) is 2.41. The van der Waals surface area contributed by atoms with Crippen molar-refractivity contribution < 1.29 is 14.4 Å². The van der Waals surface area contributed by atoms with Crippen LogP contribution in [0.2, 0.25) is 0 Å². The van der Waals surface area contributed by atoms with Crippen LogP contribution in [-0.4, -0.2) is 42.8 Å². The van der Waals surface area contributed by atoms with Crippen LogP contribution in [0, 0.1) is 0 Å². The second-order valence-corrected chi connectivity index (χ2v) is 5.87. The number of anilines is 1. The molecular weight excluding hydrogens is 306 g/mol. The molecular formula is C18H27N3O3. The lowest BCUT2D eigenvalue weighted by atomic mass is 10.1. The molecule has 1 atom stereocenters. The average molecular weight is 333 g/mol. The molecule has 6 nitrogen and oxygen atoms in total. The number of nitrogens with one attached hydrogen (secondary N) is 2. The smallest absolute Gasteiger partial charge is 0.253 e. The molecule has 24 heavy (non-hydrogen) atoms. The Morgan fingerprint density at radius 2 is 1.75 bits per heavy atom. The average Bonchev–Trinajstić information content (AvgIpc) is 2.59. The molecule has 0 bridgehead atoms. The fourth-order valence-electron chi connectivity index (χ4n) is 2.17. The van der Waals surface area contributed by atoms with Crippen molar-refractivity contribution in [3.63, 3.8) is 0 Å². The highest BCUT2D eigenvalue weighted by atomic mass is 16.2. The van der Waals surface area contributed by atoms with Crippen molar-refractivity contribution in [3.8, 4) is 0 Å². The van der Waals surface area contributed by atoms with Gasteiger partial charge in [0.25, 0.3) is 5.91 Å². The lowest BCUT2D eigenvalue weighted by molar-refractivity contribution is -0.121. The number of hydrogen-bond donors (Lipinski definition) is 2. The maximum atomic E-state index is 12.4. The van der Waals surface area contributed by atoms with Gasteiger partial charge >= 0.3 is 0 Å². The van der Waals surface area contributed by atoms with Crippen molar-refractivity contribution in [1.29, 1.82) is 0 Å². The van der Waals surface area contributed by atoms with Gasteiger partial charge in [-0.25, -0.2) is 0 Å². The molecule has 0 heterocycles. The van der Waals surface area contributed by atoms with Crippen molar-refractivity contribution >= 4 is 23.4 Å². The Hall–Kier alpha value is -2.37. The Labute approximate surface area is 143 Å². The summed E-state index contributed by atoms with van der Waals surface area (Å²) in [6, 6.07) is 6.59. The Morgan fingerprint density at radius 3 is 2.29 bits per heavy atom. The highest BCUT2D eigenvalue weighted by Gasteiger charge is 2.19. The molecule has 3 amide bonds. The summed E-state index contributed by atoms with van der Waals surface area (Å²) in [6.07, 6.45) is 2.58. The zero-order valence-corrected chi connectivity index (χ0v) is 14.9. The van der Waals surface area contributed by atoms with E-state index in [0.717, 1.165) is 12.8 Å². The molecule has 2 N–H and O–H groups in total. The molecule has 0 aliphatic rings. The zero-order chi connectivity index (χ0) is 18.1. The van der Waals surface area contributed by atoms with Crippen LogP contribution in [0.25, 0.3) is 0 Å². The van der Waals surface area contributed by atoms with Gasteiger partial charge in [0.2, 0.25) is 11.8 Å². The van der Waals surface area contributed by atoms with Crippen molar-refractivity contribution in [3.05, 3.63) is 29.8 Å². The van der Waals surface area contributed by atoms with Gasteiger partial charge in [0.15, 0.2) is 0 Å². The minimum atomic E-state index is -0.203. The van der Waals surface area contributed by atoms with Gasteiger partial charge in [0.05, 0.1) is 0 Å². The number of unbranched alkanes of at least 4 members (excludes halogenated alkanes) is 1. The van der Waals surface area contributed by atoms with E-state index < -0.39 is 0 Å². The van der Waals surface area contributed by atoms with E-state index in [1.54, 1.807) is 43.3 Å². The minimum Gasteiger partial charge on any atom is -0.359 e. The summed E-state index contributed by atoms with van der Waals surface area (Å²) in [5.41, 5.74) is 1.20. The van der Waals surface area contributed by atoms with Crippen molar-refractivity contribution in [2.45, 2.75) is 45.6 Å². The topological polar surface area (TPSA) is 78.5 Å². The first-order valence-corrected chi connectivity index (χ1v) is 8.26. The van der Waals surface area contributed by atoms with E-state index in [2.05, 4.69) is 10.6 Å². The van der Waals surface area contributed by atoms with Gasteiger partial charge in [0.1, 0.15) is 0 Å². The number of hydrogen-bond acceptors (Lipinski definition) is 3. The fraction of sp³-hybridized carbons (Fsp3) is 0.500. The molecule has 0 radical (unpaired) electrons. The summed E-state index contributed by atoms with van der Waals surface area (Å²) < 4.78 is 0. The maximum absolute atomic E-state index is 12.4. The number of carbonyl (C=O) groups is 3. The van der Waals surface area contributed by atoms with Crippen molar-refractivity contribution in [2.75, 3.05) is 19.4 Å². The molecule has 0 aliphatic carbocycles. The first kappa shape index (κ1) is 19.7. The third kappa shape index (κ3) is 6.02. The fourth-order valence-corrected chi connectivity index (χ4v) is 2.17. The monoisotopic (exact) mass is 333 g/mol. The minimum absolute atomic E-state index is 0.0211. The molecule has 1 rings (SSSR count). The van der Waals surface area contributed by atoms with Gasteiger partial charge < -0.3 is 15.5 Å². The lowest BCUT2D eigenvalue weighted by Gasteiger charge is -2.24. The van der Waals surface area contributed by atoms with E-state index in [1.165, 1.54) is 0 Å². The molecule has 0 unspecified atom stereocenters. The quantitative estimate of drug-likeness (QED) is 0.767. The highest BCUT2D eigenvalue weighted by molar-refractivity contribution is 5.96. The summed E-state index contributed by atoms with van der Waals surface area (Å²) in [6.45, 7) is 3.87. The van der Waals surface area contributed by atoms with Crippen LogP contribution in [0.4, 0.5) is 5.69 Å². The second kappa shape index (κ2) is 9.70. The number of amides is 3. The van der Waals surface area contributed by atoms with Gasteiger partial charge in [-0.15, -0.1) is 0 Å². The standard InChI is InChI=1S/C18H27N3O3/c1-5-6-7-16(22)20-15-10-8-14(9-11-15)18(24)21(4)13(2)12-17(23)19-3/h8-11,13H,5-7,12H2,1-4H3,(H,19,23)(H,20,22)/t13-/m1/s1. The van der Waals surface area contributed by atoms with Crippen molar-refractivity contribution in [1.82, 2.24) is 10.2 Å². The number of rotatable bonds is 8. The van der Waals surface area contributed by atoms with Crippen LogP contribution in [0.5, 0.6) is 0 Å². The van der Waals surface area contributed by atoms with Gasteiger partial charge in [-0.2, -0.15) is 0 Å². The molecule has 6 heteroatoms. The number of benzene rings is 1. The molecule has 0 fully saturated rings. The highest BCUT2D eigenvalue weighted by Crippen LogP contribution is 2.14. The van der Waals surface area contributed by atoms with Crippen LogP contribution >= 0.6 is 0 Å². The summed E-state index contributed by atoms with van der Waals surface area (Å²) in [5.74, 6) is -0.283. The summed E-state index contributed by atoms with van der Waals surface area (Å²) >= 11 is 0. The predicted molar refractivity (Wildman–Crippen MR) is 94.8 cm³/mol. The van der Waals surface area contributed by atoms with Crippen LogP contribution in [0.15, 0.2) is 24.3 Å². The van der Waals surface area contributed by atoms with E-state index >= 15 is 0 Å². The number of nitrogens with zero attached hydrogens (tertiary/aromatic N) is 1. The maximum Gasteiger partial charge on any atom is 0.253 e. The van der Waals surface area contributed by atoms with Gasteiger partial charge in [-0.3, -0.25) is 14.4 Å². The summed E-state index contributed by atoms with van der Waals surface area (Å²) in [7, 11) is 3.25. The second-order valence-electron chi connectivity index (χ2n) is 5.87. The SMILES string of the molecule is CCCCC(=O)Nc1ccc(C(=O)N(C)[C@H](C)CC(=O)NC)cc1. The van der Waals surface area contributed by atoms with Gasteiger partial charge in [-0.1, -0.05) is 13.3 Å². The van der Waals surface area contributed by atoms with Crippen LogP contribution in [0.1, 0.15) is 49.9 Å². The van der Waals surface area contributed by atoms with E-state index in [9.17, 15) is 14.4 Å². The first-order valence-electron chi connectivity index (χ1n) is 8.26. The molecule has 0 saturated carbocycles. The normalized spacial score (nSPS) is 11.5. The van der Waals surface area contributed by atoms with Crippen molar-refractivity contribution in [2.24, 2.45) is 0 Å². The van der Waals surface area contributed by atoms with Gasteiger partial charge in [-0.05, 0) is 37.6 Å². The Bertz CT molecular complexity index is 569. The summed E-state index contributed by atoms with van der Waals surface area (Å²) in [5, 5.41) is 5.36. The van der Waals surface area contributed by atoms with E-state index in [0.29, 0.717) is 17.7 Å². The van der Waals surface area contributed by atoms with E-state index in [1.807, 2.05) is 13.8 Å². The lowest BCUT2D eigenvalue weighted by Crippen LogP contribution is -2.38. The summed E-state index contributed by atoms with van der Waals surface area (Å²) in [4.78, 5) is 37.1.